The number of carbonyl (C=O) groups is 8. The van der Waals surface area contributed by atoms with E-state index in [4.69, 9.17) is 46.0 Å². The smallest absolute Gasteiger partial charge is 0.251 e. The van der Waals surface area contributed by atoms with Gasteiger partial charge in [-0.3, -0.25) is 48.3 Å². The summed E-state index contributed by atoms with van der Waals surface area (Å²) >= 11 is 6.09. The minimum Gasteiger partial charge on any atom is -0.370 e. The number of nitrogens with zero attached hydrogens (tertiary/aromatic N) is 2. The van der Waals surface area contributed by atoms with Crippen LogP contribution in [0.1, 0.15) is 87.4 Å². The molecule has 0 spiro atoms. The number of amides is 8. The van der Waals surface area contributed by atoms with E-state index in [2.05, 4.69) is 41.9 Å². The van der Waals surface area contributed by atoms with Gasteiger partial charge in [-0.15, -0.1) is 0 Å². The van der Waals surface area contributed by atoms with Crippen LogP contribution in [0.5, 0.6) is 0 Å². The first-order valence-electron chi connectivity index (χ1n) is 20.9. The third kappa shape index (κ3) is 19.5. The van der Waals surface area contributed by atoms with Crippen LogP contribution in [-0.4, -0.2) is 120 Å². The normalized spacial score (nSPS) is 18.4. The van der Waals surface area contributed by atoms with Crippen LogP contribution in [-0.2, 0) is 33.6 Å². The number of hydrogen-bond acceptors (Lipinski definition) is 12. The predicted molar refractivity (Wildman–Crippen MR) is 246 cm³/mol. The highest BCUT2D eigenvalue weighted by Gasteiger charge is 2.35. The molecule has 0 radical (unpaired) electrons. The van der Waals surface area contributed by atoms with E-state index in [0.29, 0.717) is 0 Å². The molecule has 1 aromatic rings. The zero-order valence-corrected chi connectivity index (χ0v) is 37.9. The average Bonchev–Trinajstić information content (AvgIpc) is 3.23. The van der Waals surface area contributed by atoms with Crippen molar-refractivity contribution in [3.63, 3.8) is 0 Å². The Morgan fingerprint density at radius 3 is 1.81 bits per heavy atom. The Hall–Kier alpha value is -5.49. The lowest BCUT2D eigenvalue weighted by molar-refractivity contribution is -0.135. The van der Waals surface area contributed by atoms with Gasteiger partial charge < -0.3 is 66.3 Å². The standard InChI is InChI=1S/C39H61ClN14O8S2/c40-23-10-4-9-22(18-23)32(57)49-24(11-5-15-47-38(43)44)33(58)50-25(12-6-16-48-39(45)46)34(59)51-26(13-14-30(41)55)35(60)52-27(17-21-7-2-1-3-8-21)36(61)54-29-20-64-63-19-28(31(42)56)53-37(29)62/h4,9-10,18,21,24-29H,1-3,5-8,11-17,19-20H2,(H2,41,55)(H2,42,56)(H,49,57)(H,50,58)(H,51,59)(H,52,60)(H,53,62)(H,54,61)(H4,43,44,47)(H4,45,46,48)/t24-,25-,26+,27+,28+,29+/m1/s1. The second-order valence-electron chi connectivity index (χ2n) is 15.5. The number of nitrogens with two attached hydrogens (primary N) is 6. The molecule has 0 unspecified atom stereocenters. The Morgan fingerprint density at radius 1 is 0.719 bits per heavy atom. The third-order valence-electron chi connectivity index (χ3n) is 10.3. The minimum absolute atomic E-state index is 0.0388. The molecular formula is C39H61ClN14O8S2. The predicted octanol–water partition coefficient (Wildman–Crippen LogP) is -1.91. The van der Waals surface area contributed by atoms with Crippen LogP contribution in [0.3, 0.4) is 0 Å². The molecule has 1 saturated carbocycles. The Labute approximate surface area is 384 Å². The van der Waals surface area contributed by atoms with Crippen molar-refractivity contribution in [1.82, 2.24) is 31.9 Å². The molecule has 64 heavy (non-hydrogen) atoms. The summed E-state index contributed by atoms with van der Waals surface area (Å²) in [6.45, 7) is 0.192. The van der Waals surface area contributed by atoms with E-state index >= 15 is 0 Å². The van der Waals surface area contributed by atoms with E-state index in [9.17, 15) is 38.4 Å². The first-order chi connectivity index (χ1) is 30.4. The highest BCUT2D eigenvalue weighted by molar-refractivity contribution is 8.76. The summed E-state index contributed by atoms with van der Waals surface area (Å²) in [6, 6.07) is -1.13. The second-order valence-corrected chi connectivity index (χ2v) is 18.4. The fourth-order valence-electron chi connectivity index (χ4n) is 6.93. The van der Waals surface area contributed by atoms with Gasteiger partial charge in [0.05, 0.1) is 0 Å². The quantitative estimate of drug-likeness (QED) is 0.0233. The van der Waals surface area contributed by atoms with Crippen LogP contribution < -0.4 is 66.3 Å². The summed E-state index contributed by atoms with van der Waals surface area (Å²) in [5, 5.41) is 16.3. The van der Waals surface area contributed by atoms with Crippen molar-refractivity contribution in [1.29, 1.82) is 0 Å². The number of nitrogens with one attached hydrogen (secondary N) is 6. The molecule has 2 aliphatic rings. The van der Waals surface area contributed by atoms with Gasteiger partial charge in [-0.05, 0) is 62.6 Å². The van der Waals surface area contributed by atoms with Crippen molar-refractivity contribution in [2.24, 2.45) is 50.3 Å². The fourth-order valence-corrected chi connectivity index (χ4v) is 9.46. The minimum atomic E-state index is -1.44. The largest absolute Gasteiger partial charge is 0.370 e. The molecule has 0 bridgehead atoms. The first kappa shape index (κ1) is 52.9. The Balaban J connectivity index is 1.88. The van der Waals surface area contributed by atoms with Crippen LogP contribution in [0.15, 0.2) is 34.3 Å². The molecule has 22 nitrogen and oxygen atoms in total. The van der Waals surface area contributed by atoms with Gasteiger partial charge in [0.15, 0.2) is 11.9 Å². The lowest BCUT2D eigenvalue weighted by Crippen LogP contribution is -2.60. The molecule has 1 saturated heterocycles. The highest BCUT2D eigenvalue weighted by atomic mass is 35.5. The highest BCUT2D eigenvalue weighted by Crippen LogP contribution is 2.28. The molecule has 8 amide bonds. The average molecular weight is 954 g/mol. The molecule has 1 aliphatic heterocycles. The van der Waals surface area contributed by atoms with Crippen molar-refractivity contribution in [2.75, 3.05) is 24.6 Å². The van der Waals surface area contributed by atoms with E-state index in [1.54, 1.807) is 12.1 Å². The van der Waals surface area contributed by atoms with Crippen molar-refractivity contribution >= 4 is 92.4 Å². The second kappa shape index (κ2) is 27.6. The molecule has 0 aromatic heterocycles. The molecule has 3 rings (SSSR count). The van der Waals surface area contributed by atoms with Gasteiger partial charge in [-0.1, -0.05) is 71.4 Å². The number of primary amides is 2. The summed E-state index contributed by atoms with van der Waals surface area (Å²) in [6.07, 6.45) is 4.47. The van der Waals surface area contributed by atoms with Gasteiger partial charge in [0.1, 0.15) is 36.3 Å². The summed E-state index contributed by atoms with van der Waals surface area (Å²) in [5.41, 5.74) is 33.0. The van der Waals surface area contributed by atoms with Gasteiger partial charge >= 0.3 is 0 Å². The van der Waals surface area contributed by atoms with Crippen molar-refractivity contribution in [3.05, 3.63) is 34.9 Å². The first-order valence-corrected chi connectivity index (χ1v) is 23.8. The number of aliphatic imine (C=N–C) groups is 2. The van der Waals surface area contributed by atoms with E-state index in [-0.39, 0.29) is 98.0 Å². The molecular weight excluding hydrogens is 892 g/mol. The van der Waals surface area contributed by atoms with Crippen LogP contribution in [0.25, 0.3) is 0 Å². The Morgan fingerprint density at radius 2 is 1.27 bits per heavy atom. The summed E-state index contributed by atoms with van der Waals surface area (Å²) < 4.78 is 0. The lowest BCUT2D eigenvalue weighted by atomic mass is 9.84. The van der Waals surface area contributed by atoms with E-state index < -0.39 is 83.5 Å². The summed E-state index contributed by atoms with van der Waals surface area (Å²) in [4.78, 5) is 114. The van der Waals surface area contributed by atoms with E-state index in [1.165, 1.54) is 33.7 Å². The molecule has 18 N–H and O–H groups in total. The number of guanidine groups is 2. The Bertz CT molecular complexity index is 1860. The molecule has 2 fully saturated rings. The zero-order valence-electron chi connectivity index (χ0n) is 35.5. The topological polar surface area (TPSA) is 390 Å². The lowest BCUT2D eigenvalue weighted by Gasteiger charge is -2.30. The van der Waals surface area contributed by atoms with E-state index in [1.807, 2.05) is 0 Å². The molecule has 1 aromatic carbocycles. The number of rotatable bonds is 24. The molecule has 25 heteroatoms. The van der Waals surface area contributed by atoms with Gasteiger partial charge in [0, 0.05) is 41.6 Å². The molecule has 354 valence electrons. The maximum atomic E-state index is 14.2. The van der Waals surface area contributed by atoms with Gasteiger partial charge in [0.25, 0.3) is 5.91 Å². The van der Waals surface area contributed by atoms with Crippen LogP contribution in [0, 0.1) is 5.92 Å². The summed E-state index contributed by atoms with van der Waals surface area (Å²) in [7, 11) is 2.58. The number of halogens is 1. The summed E-state index contributed by atoms with van der Waals surface area (Å²) in [5.74, 6) is -5.77. The Kier molecular flexibility index (Phi) is 22.8. The number of carbonyl (C=O) groups excluding carboxylic acids is 8. The zero-order chi connectivity index (χ0) is 47.2. The maximum absolute atomic E-state index is 14.2. The van der Waals surface area contributed by atoms with Gasteiger partial charge in [-0.25, -0.2) is 0 Å². The maximum Gasteiger partial charge on any atom is 0.251 e. The van der Waals surface area contributed by atoms with Crippen molar-refractivity contribution < 1.29 is 38.4 Å². The molecule has 1 aliphatic carbocycles. The fraction of sp³-hybridized carbons (Fsp3) is 0.590. The molecule has 1 heterocycles. The van der Waals surface area contributed by atoms with Crippen LogP contribution in [0.2, 0.25) is 5.02 Å². The van der Waals surface area contributed by atoms with Crippen LogP contribution >= 0.6 is 33.2 Å². The van der Waals surface area contributed by atoms with Crippen molar-refractivity contribution in [2.45, 2.75) is 113 Å². The van der Waals surface area contributed by atoms with E-state index in [0.717, 1.165) is 32.1 Å². The SMILES string of the molecule is NC(=O)CC[C@H](NC(=O)[C@@H](CCCN=C(N)N)NC(=O)[C@@H](CCCN=C(N)N)NC(=O)c1cccc(Cl)c1)C(=O)N[C@@H](CC1CCCCC1)C(=O)N[C@H]1CSSC[C@@H](C(N)=O)NC1=O. The van der Waals surface area contributed by atoms with Gasteiger partial charge in [-0.2, -0.15) is 0 Å². The number of benzene rings is 1. The molecule has 6 atom stereocenters. The van der Waals surface area contributed by atoms with Gasteiger partial charge in [0.2, 0.25) is 41.4 Å². The van der Waals surface area contributed by atoms with Crippen LogP contribution in [0.4, 0.5) is 0 Å². The van der Waals surface area contributed by atoms with Crippen molar-refractivity contribution in [3.8, 4) is 0 Å². The monoisotopic (exact) mass is 952 g/mol. The third-order valence-corrected chi connectivity index (χ3v) is 13.0. The number of hydrogen-bond donors (Lipinski definition) is 12.